The molecule has 0 bridgehead atoms. The van der Waals surface area contributed by atoms with Gasteiger partial charge in [-0.1, -0.05) is 23.7 Å². The Morgan fingerprint density at radius 2 is 1.68 bits per heavy atom. The summed E-state index contributed by atoms with van der Waals surface area (Å²) in [5, 5.41) is 0.805. The molecule has 2 aliphatic rings. The molecule has 0 aromatic heterocycles. The number of halogens is 1. The summed E-state index contributed by atoms with van der Waals surface area (Å²) in [5.74, 6) is 0. The number of hydrogen-bond donors (Lipinski definition) is 0. The monoisotopic (exact) mass is 321 g/mol. The molecule has 2 aliphatic heterocycles. The number of likely N-dealkylation sites (tertiary alicyclic amines) is 1. The van der Waals surface area contributed by atoms with Gasteiger partial charge in [-0.15, -0.1) is 0 Å². The van der Waals surface area contributed by atoms with Crippen LogP contribution in [0.4, 0.5) is 0 Å². The van der Waals surface area contributed by atoms with Gasteiger partial charge in [0.25, 0.3) is 0 Å². The van der Waals surface area contributed by atoms with Crippen molar-refractivity contribution in [1.82, 2.24) is 4.90 Å². The SMILES string of the molecule is CC1(C)OB(c2ccc(CN3CCCC3)c(Cl)c2)OC1(C)C. The maximum absolute atomic E-state index is 6.49. The van der Waals surface area contributed by atoms with Gasteiger partial charge in [0.2, 0.25) is 0 Å². The Morgan fingerprint density at radius 3 is 2.23 bits per heavy atom. The summed E-state index contributed by atoms with van der Waals surface area (Å²) >= 11 is 6.49. The van der Waals surface area contributed by atoms with Crippen molar-refractivity contribution in [3.05, 3.63) is 28.8 Å². The topological polar surface area (TPSA) is 21.7 Å². The van der Waals surface area contributed by atoms with Gasteiger partial charge in [0.05, 0.1) is 11.2 Å². The van der Waals surface area contributed by atoms with Crippen LogP contribution in [0.25, 0.3) is 0 Å². The van der Waals surface area contributed by atoms with Crippen molar-refractivity contribution < 1.29 is 9.31 Å². The fourth-order valence-corrected chi connectivity index (χ4v) is 3.25. The van der Waals surface area contributed by atoms with E-state index in [1.165, 1.54) is 31.5 Å². The first-order valence-corrected chi connectivity index (χ1v) is 8.53. The number of rotatable bonds is 3. The van der Waals surface area contributed by atoms with Crippen LogP contribution in [0.15, 0.2) is 18.2 Å². The van der Waals surface area contributed by atoms with E-state index in [9.17, 15) is 0 Å². The molecule has 2 fully saturated rings. The molecule has 22 heavy (non-hydrogen) atoms. The molecule has 120 valence electrons. The van der Waals surface area contributed by atoms with Gasteiger partial charge in [-0.3, -0.25) is 4.90 Å². The lowest BCUT2D eigenvalue weighted by Gasteiger charge is -2.32. The van der Waals surface area contributed by atoms with Crippen LogP contribution in [-0.4, -0.2) is 36.3 Å². The van der Waals surface area contributed by atoms with Crippen LogP contribution in [0, 0.1) is 0 Å². The molecular formula is C17H25BClNO2. The van der Waals surface area contributed by atoms with Crippen molar-refractivity contribution in [2.75, 3.05) is 13.1 Å². The van der Waals surface area contributed by atoms with Gasteiger partial charge in [-0.25, -0.2) is 0 Å². The first kappa shape index (κ1) is 16.3. The van der Waals surface area contributed by atoms with Crippen LogP contribution in [-0.2, 0) is 15.9 Å². The van der Waals surface area contributed by atoms with E-state index in [4.69, 9.17) is 20.9 Å². The second-order valence-corrected chi connectivity index (χ2v) is 7.83. The highest BCUT2D eigenvalue weighted by Crippen LogP contribution is 2.36. The molecule has 0 aliphatic carbocycles. The highest BCUT2D eigenvalue weighted by atomic mass is 35.5. The molecule has 1 aromatic rings. The van der Waals surface area contributed by atoms with E-state index in [1.807, 2.05) is 6.07 Å². The van der Waals surface area contributed by atoms with Gasteiger partial charge in [-0.05, 0) is 70.7 Å². The molecule has 3 nitrogen and oxygen atoms in total. The first-order valence-electron chi connectivity index (χ1n) is 8.15. The van der Waals surface area contributed by atoms with Crippen LogP contribution in [0.2, 0.25) is 5.02 Å². The van der Waals surface area contributed by atoms with Crippen LogP contribution in [0.3, 0.4) is 0 Å². The maximum atomic E-state index is 6.49. The molecule has 5 heteroatoms. The van der Waals surface area contributed by atoms with Crippen molar-refractivity contribution in [1.29, 1.82) is 0 Å². The Bertz CT molecular complexity index is 540. The van der Waals surface area contributed by atoms with Crippen molar-refractivity contribution >= 4 is 24.2 Å². The predicted molar refractivity (Wildman–Crippen MR) is 91.7 cm³/mol. The van der Waals surface area contributed by atoms with Gasteiger partial charge < -0.3 is 9.31 Å². The summed E-state index contributed by atoms with van der Waals surface area (Å²) in [6.07, 6.45) is 2.59. The minimum Gasteiger partial charge on any atom is -0.399 e. The normalized spacial score (nSPS) is 24.1. The molecule has 1 aromatic carbocycles. The van der Waals surface area contributed by atoms with E-state index in [-0.39, 0.29) is 18.3 Å². The van der Waals surface area contributed by atoms with Gasteiger partial charge in [0, 0.05) is 11.6 Å². The largest absolute Gasteiger partial charge is 0.494 e. The zero-order valence-electron chi connectivity index (χ0n) is 14.0. The Morgan fingerprint density at radius 1 is 1.09 bits per heavy atom. The fourth-order valence-electron chi connectivity index (χ4n) is 3.00. The van der Waals surface area contributed by atoms with E-state index in [1.54, 1.807) is 0 Å². The third-order valence-electron chi connectivity index (χ3n) is 5.20. The predicted octanol–water partition coefficient (Wildman–Crippen LogP) is 3.24. The van der Waals surface area contributed by atoms with Crippen LogP contribution in [0.5, 0.6) is 0 Å². The van der Waals surface area contributed by atoms with Gasteiger partial charge in [0.15, 0.2) is 0 Å². The third kappa shape index (κ3) is 3.07. The highest BCUT2D eigenvalue weighted by molar-refractivity contribution is 6.62. The minimum absolute atomic E-state index is 0.321. The van der Waals surface area contributed by atoms with Crippen LogP contribution < -0.4 is 5.46 Å². The van der Waals surface area contributed by atoms with E-state index in [2.05, 4.69) is 44.7 Å². The number of hydrogen-bond acceptors (Lipinski definition) is 3. The van der Waals surface area contributed by atoms with E-state index >= 15 is 0 Å². The molecule has 0 saturated carbocycles. The maximum Gasteiger partial charge on any atom is 0.494 e. The molecule has 0 spiro atoms. The minimum atomic E-state index is -0.344. The van der Waals surface area contributed by atoms with Gasteiger partial charge >= 0.3 is 7.12 Å². The van der Waals surface area contributed by atoms with Crippen LogP contribution in [0.1, 0.15) is 46.1 Å². The van der Waals surface area contributed by atoms with Crippen molar-refractivity contribution in [3.8, 4) is 0 Å². The lowest BCUT2D eigenvalue weighted by molar-refractivity contribution is 0.00578. The Kier molecular flexibility index (Phi) is 4.32. The van der Waals surface area contributed by atoms with E-state index in [0.29, 0.717) is 0 Å². The molecule has 0 N–H and O–H groups in total. The standard InChI is InChI=1S/C17H25BClNO2/c1-16(2)17(3,4)22-18(21-16)14-8-7-13(15(19)11-14)12-20-9-5-6-10-20/h7-8,11H,5-6,9-10,12H2,1-4H3. The first-order chi connectivity index (χ1) is 10.3. The Labute approximate surface area is 139 Å². The fraction of sp³-hybridized carbons (Fsp3) is 0.647. The molecule has 0 atom stereocenters. The molecule has 2 heterocycles. The molecule has 0 radical (unpaired) electrons. The summed E-state index contributed by atoms with van der Waals surface area (Å²) in [4.78, 5) is 2.45. The molecule has 0 unspecified atom stereocenters. The average molecular weight is 322 g/mol. The summed E-state index contributed by atoms with van der Waals surface area (Å²) in [5.41, 5.74) is 1.54. The number of nitrogens with zero attached hydrogens (tertiary/aromatic N) is 1. The van der Waals surface area contributed by atoms with Crippen LogP contribution >= 0.6 is 11.6 Å². The van der Waals surface area contributed by atoms with E-state index < -0.39 is 0 Å². The molecule has 3 rings (SSSR count). The van der Waals surface area contributed by atoms with Gasteiger partial charge in [0.1, 0.15) is 0 Å². The van der Waals surface area contributed by atoms with Crippen molar-refractivity contribution in [3.63, 3.8) is 0 Å². The average Bonchev–Trinajstić information content (AvgIpc) is 2.99. The quantitative estimate of drug-likeness (QED) is 0.798. The summed E-state index contributed by atoms with van der Waals surface area (Å²) in [7, 11) is -0.344. The summed E-state index contributed by atoms with van der Waals surface area (Å²) < 4.78 is 12.2. The highest BCUT2D eigenvalue weighted by Gasteiger charge is 2.51. The lowest BCUT2D eigenvalue weighted by Crippen LogP contribution is -2.41. The molecular weight excluding hydrogens is 296 g/mol. The summed E-state index contributed by atoms with van der Waals surface area (Å²) in [6.45, 7) is 11.5. The lowest BCUT2D eigenvalue weighted by atomic mass is 9.79. The number of benzene rings is 1. The smallest absolute Gasteiger partial charge is 0.399 e. The van der Waals surface area contributed by atoms with Gasteiger partial charge in [-0.2, -0.15) is 0 Å². The molecule has 2 saturated heterocycles. The Balaban J connectivity index is 1.75. The molecule has 0 amide bonds. The Hall–Kier alpha value is -0.545. The van der Waals surface area contributed by atoms with Crippen molar-refractivity contribution in [2.45, 2.75) is 58.3 Å². The summed E-state index contributed by atoms with van der Waals surface area (Å²) in [6, 6.07) is 6.19. The van der Waals surface area contributed by atoms with Crippen molar-refractivity contribution in [2.24, 2.45) is 0 Å². The second kappa shape index (κ2) is 5.83. The zero-order chi connectivity index (χ0) is 16.0. The zero-order valence-corrected chi connectivity index (χ0v) is 14.7. The van der Waals surface area contributed by atoms with E-state index in [0.717, 1.165) is 17.0 Å². The second-order valence-electron chi connectivity index (χ2n) is 7.42. The third-order valence-corrected chi connectivity index (χ3v) is 5.55.